The first-order chi connectivity index (χ1) is 15.8. The molecule has 2 amide bonds. The topological polar surface area (TPSA) is 161 Å². The van der Waals surface area contributed by atoms with Crippen molar-refractivity contribution in [3.8, 4) is 11.8 Å². The third-order valence-electron chi connectivity index (χ3n) is 8.17. The van der Waals surface area contributed by atoms with Crippen molar-refractivity contribution in [2.75, 3.05) is 6.54 Å². The van der Waals surface area contributed by atoms with Crippen LogP contribution in [-0.2, 0) is 27.3 Å². The van der Waals surface area contributed by atoms with Gasteiger partial charge in [0.05, 0.1) is 22.9 Å². The van der Waals surface area contributed by atoms with Gasteiger partial charge in [0.1, 0.15) is 11.2 Å². The van der Waals surface area contributed by atoms with E-state index in [1.165, 1.54) is 0 Å². The second kappa shape index (κ2) is 7.24. The van der Waals surface area contributed by atoms with Crippen molar-refractivity contribution in [1.82, 2.24) is 9.88 Å². The molecule has 1 aromatic heterocycles. The number of nitrogens with two attached hydrogens (primary N) is 1. The Hall–Kier alpha value is -3.54. The van der Waals surface area contributed by atoms with Crippen molar-refractivity contribution in [2.45, 2.75) is 45.1 Å². The molecule has 2 unspecified atom stereocenters. The van der Waals surface area contributed by atoms with Crippen LogP contribution in [0, 0.1) is 34.0 Å². The summed E-state index contributed by atoms with van der Waals surface area (Å²) in [5.41, 5.74) is 5.02. The van der Waals surface area contributed by atoms with Gasteiger partial charge in [0, 0.05) is 42.1 Å². The zero-order valence-corrected chi connectivity index (χ0v) is 18.1. The number of rotatable bonds is 4. The molecule has 0 bridgehead atoms. The lowest BCUT2D eigenvalue weighted by molar-refractivity contribution is -0.166. The summed E-state index contributed by atoms with van der Waals surface area (Å²) in [5.74, 6) is -3.62. The average Bonchev–Trinajstić information content (AvgIpc) is 3.46. The monoisotopic (exact) mass is 450 g/mol. The van der Waals surface area contributed by atoms with E-state index in [0.29, 0.717) is 44.3 Å². The number of carbonyl (C=O) groups excluding carboxylic acids is 2. The fourth-order valence-electron chi connectivity index (χ4n) is 6.33. The summed E-state index contributed by atoms with van der Waals surface area (Å²) in [7, 11) is 0. The summed E-state index contributed by atoms with van der Waals surface area (Å²) < 4.78 is 0. The van der Waals surface area contributed by atoms with Crippen molar-refractivity contribution in [3.05, 3.63) is 29.5 Å². The van der Waals surface area contributed by atoms with E-state index in [2.05, 4.69) is 4.98 Å². The van der Waals surface area contributed by atoms with Crippen LogP contribution in [0.2, 0.25) is 0 Å². The SMILES string of the molecule is N#CC1(C(N)=O)CC1[C@]1(C(=O)O)CCCC[C@H]1C(=O)N1CCc2[nH]c3c(O)cccc3c2C1. The van der Waals surface area contributed by atoms with Gasteiger partial charge in [-0.3, -0.25) is 14.4 Å². The van der Waals surface area contributed by atoms with E-state index in [4.69, 9.17) is 5.73 Å². The van der Waals surface area contributed by atoms with Crippen molar-refractivity contribution in [2.24, 2.45) is 28.4 Å². The summed E-state index contributed by atoms with van der Waals surface area (Å²) in [6, 6.07) is 7.21. The number of nitriles is 1. The summed E-state index contributed by atoms with van der Waals surface area (Å²) in [5, 5.41) is 31.0. The van der Waals surface area contributed by atoms with Crippen LogP contribution in [-0.4, -0.2) is 44.4 Å². The average molecular weight is 450 g/mol. The molecular formula is C24H26N4O5. The van der Waals surface area contributed by atoms with Crippen LogP contribution in [0.5, 0.6) is 5.75 Å². The number of carbonyl (C=O) groups is 3. The number of aromatic amines is 1. The molecule has 2 saturated carbocycles. The predicted molar refractivity (Wildman–Crippen MR) is 116 cm³/mol. The van der Waals surface area contributed by atoms with Crippen LogP contribution in [0.25, 0.3) is 10.9 Å². The number of fused-ring (bicyclic) bond motifs is 3. The number of amides is 2. The Morgan fingerprint density at radius 1 is 1.27 bits per heavy atom. The maximum atomic E-state index is 13.8. The van der Waals surface area contributed by atoms with E-state index in [1.54, 1.807) is 17.0 Å². The summed E-state index contributed by atoms with van der Waals surface area (Å²) in [6.07, 6.45) is 2.64. The molecule has 5 rings (SSSR count). The molecule has 2 aliphatic carbocycles. The number of aliphatic carboxylic acids is 1. The van der Waals surface area contributed by atoms with E-state index in [9.17, 15) is 29.9 Å². The minimum absolute atomic E-state index is 0.0841. The Kier molecular flexibility index (Phi) is 4.67. The molecule has 5 N–H and O–H groups in total. The Bertz CT molecular complexity index is 1230. The number of para-hydroxylation sites is 1. The van der Waals surface area contributed by atoms with Gasteiger partial charge in [-0.2, -0.15) is 5.26 Å². The number of H-pyrrole nitrogens is 1. The van der Waals surface area contributed by atoms with Crippen molar-refractivity contribution in [3.63, 3.8) is 0 Å². The van der Waals surface area contributed by atoms with E-state index >= 15 is 0 Å². The van der Waals surface area contributed by atoms with Crippen molar-refractivity contribution in [1.29, 1.82) is 5.26 Å². The van der Waals surface area contributed by atoms with Crippen LogP contribution in [0.15, 0.2) is 18.2 Å². The normalized spacial score (nSPS) is 30.9. The fraction of sp³-hybridized carbons (Fsp3) is 0.500. The zero-order chi connectivity index (χ0) is 23.5. The smallest absolute Gasteiger partial charge is 0.310 e. The van der Waals surface area contributed by atoms with Gasteiger partial charge in [-0.15, -0.1) is 0 Å². The summed E-state index contributed by atoms with van der Waals surface area (Å²) in [4.78, 5) is 43.5. The van der Waals surface area contributed by atoms with E-state index in [1.807, 2.05) is 12.1 Å². The quantitative estimate of drug-likeness (QED) is 0.557. The maximum absolute atomic E-state index is 13.8. The standard InChI is InChI=1S/C24H26N4O5/c25-12-23(21(26)31)10-18(23)24(22(32)33)8-2-1-5-15(24)20(30)28-9-7-16-14(11-28)13-4-3-6-17(29)19(13)27-16/h3-4,6,15,18,27,29H,1-2,5,7-11H2,(H2,26,31)(H,32,33)/t15-,18?,23?,24-/m0/s1. The molecule has 2 fully saturated rings. The molecule has 0 spiro atoms. The lowest BCUT2D eigenvalue weighted by Gasteiger charge is -2.43. The molecule has 2 aromatic rings. The van der Waals surface area contributed by atoms with Gasteiger partial charge >= 0.3 is 5.97 Å². The van der Waals surface area contributed by atoms with Gasteiger partial charge in [0.25, 0.3) is 0 Å². The molecule has 0 radical (unpaired) electrons. The minimum Gasteiger partial charge on any atom is -0.506 e. The number of hydrogen-bond acceptors (Lipinski definition) is 5. The van der Waals surface area contributed by atoms with Gasteiger partial charge in [-0.05, 0) is 25.3 Å². The molecule has 9 nitrogen and oxygen atoms in total. The first-order valence-corrected chi connectivity index (χ1v) is 11.3. The highest BCUT2D eigenvalue weighted by molar-refractivity contribution is 5.94. The van der Waals surface area contributed by atoms with Crippen LogP contribution >= 0.6 is 0 Å². The second-order valence-corrected chi connectivity index (χ2v) is 9.64. The fourth-order valence-corrected chi connectivity index (χ4v) is 6.33. The summed E-state index contributed by atoms with van der Waals surface area (Å²) in [6.45, 7) is 0.739. The number of phenolic OH excluding ortho intramolecular Hbond substituents is 1. The molecule has 33 heavy (non-hydrogen) atoms. The number of aromatic hydroxyl groups is 1. The Balaban J connectivity index is 1.49. The number of primary amides is 1. The first-order valence-electron chi connectivity index (χ1n) is 11.3. The number of benzene rings is 1. The molecule has 172 valence electrons. The van der Waals surface area contributed by atoms with Gasteiger partial charge in [-0.25, -0.2) is 0 Å². The van der Waals surface area contributed by atoms with Crippen LogP contribution in [0.3, 0.4) is 0 Å². The van der Waals surface area contributed by atoms with Crippen molar-refractivity contribution < 1.29 is 24.6 Å². The highest BCUT2D eigenvalue weighted by atomic mass is 16.4. The third-order valence-corrected chi connectivity index (χ3v) is 8.17. The number of phenols is 1. The number of nitrogens with one attached hydrogen (secondary N) is 1. The summed E-state index contributed by atoms with van der Waals surface area (Å²) >= 11 is 0. The van der Waals surface area contributed by atoms with E-state index in [-0.39, 0.29) is 24.5 Å². The first kappa shape index (κ1) is 21.3. The van der Waals surface area contributed by atoms with Gasteiger partial charge in [-0.1, -0.05) is 25.0 Å². The largest absolute Gasteiger partial charge is 0.506 e. The number of hydrogen-bond donors (Lipinski definition) is 4. The van der Waals surface area contributed by atoms with Crippen LogP contribution in [0.4, 0.5) is 0 Å². The number of carboxylic acids is 1. The molecule has 1 aliphatic heterocycles. The number of carboxylic acid groups (broad SMARTS) is 1. The maximum Gasteiger partial charge on any atom is 0.310 e. The minimum atomic E-state index is -1.52. The number of nitrogens with zero attached hydrogens (tertiary/aromatic N) is 2. The lowest BCUT2D eigenvalue weighted by atomic mass is 9.61. The predicted octanol–water partition coefficient (Wildman–Crippen LogP) is 2.03. The van der Waals surface area contributed by atoms with Gasteiger partial charge in [0.15, 0.2) is 0 Å². The highest BCUT2D eigenvalue weighted by Crippen LogP contribution is 2.66. The molecule has 0 saturated heterocycles. The van der Waals surface area contributed by atoms with Crippen molar-refractivity contribution >= 4 is 28.7 Å². The van der Waals surface area contributed by atoms with Crippen LogP contribution in [0.1, 0.15) is 43.4 Å². The Labute approximate surface area is 190 Å². The Morgan fingerprint density at radius 3 is 2.73 bits per heavy atom. The second-order valence-electron chi connectivity index (χ2n) is 9.64. The molecule has 1 aromatic carbocycles. The molecule has 9 heteroatoms. The van der Waals surface area contributed by atoms with Gasteiger partial charge < -0.3 is 25.8 Å². The molecular weight excluding hydrogens is 424 g/mol. The lowest BCUT2D eigenvalue weighted by Crippen LogP contribution is -2.53. The Morgan fingerprint density at radius 2 is 2.06 bits per heavy atom. The third kappa shape index (κ3) is 2.86. The molecule has 4 atom stereocenters. The van der Waals surface area contributed by atoms with Crippen LogP contribution < -0.4 is 5.73 Å². The highest BCUT2D eigenvalue weighted by Gasteiger charge is 2.73. The van der Waals surface area contributed by atoms with E-state index in [0.717, 1.165) is 16.6 Å². The molecule has 3 aliphatic rings. The molecule has 2 heterocycles. The van der Waals surface area contributed by atoms with E-state index < -0.39 is 34.5 Å². The number of aromatic nitrogens is 1. The zero-order valence-electron chi connectivity index (χ0n) is 18.1. The van der Waals surface area contributed by atoms with Gasteiger partial charge in [0.2, 0.25) is 11.8 Å².